The number of carbonyl (C=O) groups excluding carboxylic acids is 3. The maximum atomic E-state index is 13.5. The molecule has 3 N–H and O–H groups in total. The van der Waals surface area contributed by atoms with Gasteiger partial charge in [-0.3, -0.25) is 14.4 Å². The van der Waals surface area contributed by atoms with Gasteiger partial charge < -0.3 is 29.9 Å². The lowest BCUT2D eigenvalue weighted by Crippen LogP contribution is -2.53. The molecule has 35 heavy (non-hydrogen) atoms. The Morgan fingerprint density at radius 3 is 2.49 bits per heavy atom. The molecule has 10 heteroatoms. The van der Waals surface area contributed by atoms with E-state index in [0.29, 0.717) is 25.9 Å². The zero-order chi connectivity index (χ0) is 25.8. The van der Waals surface area contributed by atoms with Gasteiger partial charge in [-0.15, -0.1) is 0 Å². The molecular weight excluding hydrogens is 452 g/mol. The maximum absolute atomic E-state index is 13.5. The molecule has 3 amide bonds. The van der Waals surface area contributed by atoms with Gasteiger partial charge in [0.25, 0.3) is 0 Å². The first-order chi connectivity index (χ1) is 16.4. The lowest BCUT2D eigenvalue weighted by molar-refractivity contribution is -0.146. The minimum atomic E-state index is -1.07. The number of likely N-dealkylation sites (N-methyl/N-ethyl adjacent to an activating group) is 1. The highest BCUT2D eigenvalue weighted by molar-refractivity contribution is 5.89. The molecule has 0 bridgehead atoms. The number of aromatic amines is 1. The molecule has 3 rings (SSSR count). The van der Waals surface area contributed by atoms with Gasteiger partial charge in [0.15, 0.2) is 0 Å². The summed E-state index contributed by atoms with van der Waals surface area (Å²) in [5.41, 5.74) is 1.13. The van der Waals surface area contributed by atoms with E-state index in [-0.39, 0.29) is 30.7 Å². The van der Waals surface area contributed by atoms with Gasteiger partial charge in [0.2, 0.25) is 11.8 Å². The van der Waals surface area contributed by atoms with E-state index in [9.17, 15) is 19.2 Å². The number of rotatable bonds is 7. The number of benzene rings is 1. The molecule has 1 aliphatic heterocycles. The standard InChI is InChI=1S/C25H34N4O6/c1-25(2,3)35-24(34)27-20(13-17-14-26-19-8-6-5-7-18(17)19)23(33)29-11-9-16(10-12-29)22(32)28(4)15-21(30)31/h5-8,14,16,20,26H,9-13,15H2,1-4H3,(H,27,34)(H,30,31). The van der Waals surface area contributed by atoms with Gasteiger partial charge in [-0.05, 0) is 45.2 Å². The maximum Gasteiger partial charge on any atom is 0.408 e. The van der Waals surface area contributed by atoms with Crippen LogP contribution in [-0.4, -0.2) is 82.1 Å². The summed E-state index contributed by atoms with van der Waals surface area (Å²) < 4.78 is 5.39. The number of carbonyl (C=O) groups is 4. The number of nitrogens with one attached hydrogen (secondary N) is 2. The fraction of sp³-hybridized carbons (Fsp3) is 0.520. The molecule has 1 atom stereocenters. The fourth-order valence-corrected chi connectivity index (χ4v) is 4.33. The van der Waals surface area contributed by atoms with Crippen molar-refractivity contribution in [3.63, 3.8) is 0 Å². The first-order valence-corrected chi connectivity index (χ1v) is 11.7. The van der Waals surface area contributed by atoms with Crippen LogP contribution in [0.2, 0.25) is 0 Å². The number of piperidine rings is 1. The molecule has 0 aliphatic carbocycles. The number of hydrogen-bond acceptors (Lipinski definition) is 5. The Balaban J connectivity index is 1.71. The Bertz CT molecular complexity index is 1080. The molecule has 1 aromatic carbocycles. The van der Waals surface area contributed by atoms with Gasteiger partial charge in [0.05, 0.1) is 0 Å². The molecule has 2 heterocycles. The van der Waals surface area contributed by atoms with Crippen molar-refractivity contribution in [1.82, 2.24) is 20.1 Å². The average molecular weight is 487 g/mol. The first kappa shape index (κ1) is 26.1. The van der Waals surface area contributed by atoms with E-state index in [2.05, 4.69) is 10.3 Å². The average Bonchev–Trinajstić information content (AvgIpc) is 3.19. The number of aromatic nitrogens is 1. The van der Waals surface area contributed by atoms with E-state index in [0.717, 1.165) is 16.5 Å². The molecule has 0 spiro atoms. The summed E-state index contributed by atoms with van der Waals surface area (Å²) in [5, 5.41) is 12.6. The van der Waals surface area contributed by atoms with E-state index in [1.54, 1.807) is 25.7 Å². The summed E-state index contributed by atoms with van der Waals surface area (Å²) in [4.78, 5) is 55.5. The SMILES string of the molecule is CN(CC(=O)O)C(=O)C1CCN(C(=O)C(Cc2c[nH]c3ccccc23)NC(=O)OC(C)(C)C)CC1. The molecule has 1 saturated heterocycles. The third kappa shape index (κ3) is 6.97. The summed E-state index contributed by atoms with van der Waals surface area (Å²) in [6.07, 6.45) is 2.31. The molecular formula is C25H34N4O6. The second-order valence-electron chi connectivity index (χ2n) is 9.95. The summed E-state index contributed by atoms with van der Waals surface area (Å²) >= 11 is 0. The number of carboxylic acids is 1. The van der Waals surface area contributed by atoms with Crippen molar-refractivity contribution >= 4 is 34.8 Å². The summed E-state index contributed by atoms with van der Waals surface area (Å²) in [6.45, 7) is 5.60. The zero-order valence-corrected chi connectivity index (χ0v) is 20.7. The monoisotopic (exact) mass is 486 g/mol. The van der Waals surface area contributed by atoms with Crippen LogP contribution in [0.15, 0.2) is 30.5 Å². The Morgan fingerprint density at radius 1 is 1.20 bits per heavy atom. The lowest BCUT2D eigenvalue weighted by atomic mass is 9.94. The van der Waals surface area contributed by atoms with Crippen LogP contribution in [0.1, 0.15) is 39.2 Å². The number of carboxylic acid groups (broad SMARTS) is 1. The van der Waals surface area contributed by atoms with Crippen LogP contribution in [0.5, 0.6) is 0 Å². The topological polar surface area (TPSA) is 132 Å². The number of likely N-dealkylation sites (tertiary alicyclic amines) is 1. The second kappa shape index (κ2) is 10.8. The third-order valence-electron chi connectivity index (χ3n) is 5.99. The van der Waals surface area contributed by atoms with Crippen LogP contribution in [0.4, 0.5) is 4.79 Å². The minimum Gasteiger partial charge on any atom is -0.480 e. The van der Waals surface area contributed by atoms with Crippen LogP contribution in [-0.2, 0) is 25.5 Å². The molecule has 1 fully saturated rings. The van der Waals surface area contributed by atoms with Crippen LogP contribution >= 0.6 is 0 Å². The zero-order valence-electron chi connectivity index (χ0n) is 20.7. The number of hydrogen-bond donors (Lipinski definition) is 3. The van der Waals surface area contributed by atoms with Crippen molar-refractivity contribution in [2.75, 3.05) is 26.7 Å². The number of aliphatic carboxylic acids is 1. The number of ether oxygens (including phenoxy) is 1. The largest absolute Gasteiger partial charge is 0.480 e. The van der Waals surface area contributed by atoms with Crippen molar-refractivity contribution in [2.24, 2.45) is 5.92 Å². The number of H-pyrrole nitrogens is 1. The van der Waals surface area contributed by atoms with Gasteiger partial charge in [-0.1, -0.05) is 18.2 Å². The van der Waals surface area contributed by atoms with Gasteiger partial charge in [-0.25, -0.2) is 4.79 Å². The van der Waals surface area contributed by atoms with Crippen LogP contribution in [0, 0.1) is 5.92 Å². The summed E-state index contributed by atoms with van der Waals surface area (Å²) in [7, 11) is 1.47. The van der Waals surface area contributed by atoms with Gasteiger partial charge in [-0.2, -0.15) is 0 Å². The predicted octanol–water partition coefficient (Wildman–Crippen LogP) is 2.39. The number of para-hydroxylation sites is 1. The lowest BCUT2D eigenvalue weighted by Gasteiger charge is -2.35. The van der Waals surface area contributed by atoms with Crippen molar-refractivity contribution < 1.29 is 29.0 Å². The van der Waals surface area contributed by atoms with Gasteiger partial charge in [0, 0.05) is 49.6 Å². The Hall–Kier alpha value is -3.56. The van der Waals surface area contributed by atoms with Crippen molar-refractivity contribution in [3.8, 4) is 0 Å². The normalized spacial score (nSPS) is 15.5. The highest BCUT2D eigenvalue weighted by atomic mass is 16.6. The quantitative estimate of drug-likeness (QED) is 0.551. The number of amides is 3. The highest BCUT2D eigenvalue weighted by Gasteiger charge is 2.34. The van der Waals surface area contributed by atoms with Crippen molar-refractivity contribution in [3.05, 3.63) is 36.0 Å². The molecule has 10 nitrogen and oxygen atoms in total. The fourth-order valence-electron chi connectivity index (χ4n) is 4.33. The van der Waals surface area contributed by atoms with Crippen LogP contribution in [0.25, 0.3) is 10.9 Å². The smallest absolute Gasteiger partial charge is 0.408 e. The molecule has 1 aromatic heterocycles. The number of fused-ring (bicyclic) bond motifs is 1. The second-order valence-corrected chi connectivity index (χ2v) is 9.95. The summed E-state index contributed by atoms with van der Waals surface area (Å²) in [5.74, 6) is -1.89. The molecule has 190 valence electrons. The van der Waals surface area contributed by atoms with Gasteiger partial charge in [0.1, 0.15) is 18.2 Å². The van der Waals surface area contributed by atoms with E-state index in [1.165, 1.54) is 11.9 Å². The molecule has 1 unspecified atom stereocenters. The molecule has 2 aromatic rings. The predicted molar refractivity (Wildman–Crippen MR) is 130 cm³/mol. The van der Waals surface area contributed by atoms with Crippen LogP contribution < -0.4 is 5.32 Å². The van der Waals surface area contributed by atoms with Crippen LogP contribution in [0.3, 0.4) is 0 Å². The van der Waals surface area contributed by atoms with Crippen molar-refractivity contribution in [2.45, 2.75) is 51.7 Å². The molecule has 0 radical (unpaired) electrons. The Morgan fingerprint density at radius 2 is 1.86 bits per heavy atom. The summed E-state index contributed by atoms with van der Waals surface area (Å²) in [6, 6.07) is 6.90. The minimum absolute atomic E-state index is 0.235. The third-order valence-corrected chi connectivity index (χ3v) is 5.99. The Labute approximate surface area is 204 Å². The number of nitrogens with zero attached hydrogens (tertiary/aromatic N) is 2. The van der Waals surface area contributed by atoms with E-state index < -0.39 is 23.7 Å². The first-order valence-electron chi connectivity index (χ1n) is 11.7. The van der Waals surface area contributed by atoms with Gasteiger partial charge >= 0.3 is 12.1 Å². The van der Waals surface area contributed by atoms with E-state index >= 15 is 0 Å². The Kier molecular flexibility index (Phi) is 8.03. The van der Waals surface area contributed by atoms with E-state index in [1.807, 2.05) is 30.5 Å². The molecule has 1 aliphatic rings. The highest BCUT2D eigenvalue weighted by Crippen LogP contribution is 2.23. The number of alkyl carbamates (subject to hydrolysis) is 1. The molecule has 0 saturated carbocycles. The van der Waals surface area contributed by atoms with Crippen molar-refractivity contribution in [1.29, 1.82) is 0 Å². The van der Waals surface area contributed by atoms with E-state index in [4.69, 9.17) is 9.84 Å².